The Morgan fingerprint density at radius 3 is 2.33 bits per heavy atom. The number of hydrogen-bond acceptors (Lipinski definition) is 13. The number of fused-ring (bicyclic) bond motifs is 2. The molecule has 0 unspecified atom stereocenters. The molecule has 2 heterocycles. The number of carbonyl (C=O) groups excluding carboxylic acids is 4. The molecule has 15 heteroatoms. The van der Waals surface area contributed by atoms with E-state index in [1.54, 1.807) is 58.2 Å². The van der Waals surface area contributed by atoms with Gasteiger partial charge in [-0.05, 0) is 74.7 Å². The van der Waals surface area contributed by atoms with Crippen molar-refractivity contribution < 1.29 is 28.7 Å². The summed E-state index contributed by atoms with van der Waals surface area (Å²) in [6.07, 6.45) is 1.49. The molecule has 5 rings (SSSR count). The van der Waals surface area contributed by atoms with E-state index in [2.05, 4.69) is 30.6 Å². The number of hydrogen-bond donors (Lipinski definition) is 4. The molecule has 2 atom stereocenters. The predicted molar refractivity (Wildman–Crippen MR) is 205 cm³/mol. The number of nitrogen functional groups attached to an aromatic ring is 2. The molecule has 54 heavy (non-hydrogen) atoms. The first-order valence-electron chi connectivity index (χ1n) is 17.5. The second-order valence-electron chi connectivity index (χ2n) is 13.7. The van der Waals surface area contributed by atoms with Gasteiger partial charge < -0.3 is 36.5 Å². The Kier molecular flexibility index (Phi) is 12.2. The summed E-state index contributed by atoms with van der Waals surface area (Å²) in [5.74, 6) is -2.21. The Bertz CT molecular complexity index is 2150. The second kappa shape index (κ2) is 17.0. The van der Waals surface area contributed by atoms with E-state index in [0.29, 0.717) is 23.4 Å². The van der Waals surface area contributed by atoms with Crippen LogP contribution in [0.25, 0.3) is 21.9 Å². The van der Waals surface area contributed by atoms with Crippen molar-refractivity contribution in [1.29, 1.82) is 0 Å². The minimum Gasteiger partial charge on any atom is -0.464 e. The summed E-state index contributed by atoms with van der Waals surface area (Å²) in [6, 6.07) is 18.0. The zero-order valence-electron chi connectivity index (χ0n) is 31.0. The molecule has 0 bridgehead atoms. The van der Waals surface area contributed by atoms with Crippen molar-refractivity contribution in [1.82, 2.24) is 30.6 Å². The van der Waals surface area contributed by atoms with Gasteiger partial charge >= 0.3 is 11.9 Å². The van der Waals surface area contributed by atoms with Crippen molar-refractivity contribution in [2.45, 2.75) is 71.2 Å². The smallest absolute Gasteiger partial charge is 0.328 e. The molecule has 0 saturated carbocycles. The molecule has 0 aliphatic carbocycles. The number of anilines is 3. The molecule has 0 saturated heterocycles. The maximum atomic E-state index is 13.9. The first-order chi connectivity index (χ1) is 25.7. The fraction of sp³-hybridized carbons (Fsp3) is 0.333. The molecule has 15 nitrogen and oxygen atoms in total. The standard InChI is InChI=1S/C39H45N9O6/c1-6-53-37(52)30(20-25-12-9-11-23-10-7-8-13-28(23)25)45-36(51)29(18-19-31(49)54-39(2,3)4)44-35(50)24-14-16-27(17-15-24)48(5)22-26-21-42-34-32(43-26)33(40)46-38(41)47-34/h7-17,21,29-30H,6,18-20,22H2,1-5H3,(H,44,50)(H,45,51)(H4,40,41,42,46,47)/t29-,30-/m0/s1. The van der Waals surface area contributed by atoms with Crippen LogP contribution in [0.15, 0.2) is 72.9 Å². The highest BCUT2D eigenvalue weighted by molar-refractivity contribution is 5.98. The lowest BCUT2D eigenvalue weighted by atomic mass is 9.98. The van der Waals surface area contributed by atoms with Gasteiger partial charge in [-0.25, -0.2) is 14.8 Å². The van der Waals surface area contributed by atoms with Crippen molar-refractivity contribution in [2.24, 2.45) is 0 Å². The van der Waals surface area contributed by atoms with Crippen LogP contribution in [0.2, 0.25) is 0 Å². The summed E-state index contributed by atoms with van der Waals surface area (Å²) in [5, 5.41) is 7.47. The fourth-order valence-corrected chi connectivity index (χ4v) is 5.82. The quantitative estimate of drug-likeness (QED) is 0.119. The molecule has 0 radical (unpaired) electrons. The number of amides is 2. The predicted octanol–water partition coefficient (Wildman–Crippen LogP) is 3.88. The van der Waals surface area contributed by atoms with Crippen LogP contribution in [0, 0.1) is 0 Å². The second-order valence-corrected chi connectivity index (χ2v) is 13.7. The van der Waals surface area contributed by atoms with Gasteiger partial charge in [-0.1, -0.05) is 42.5 Å². The average molecular weight is 736 g/mol. The number of nitrogens with zero attached hydrogens (tertiary/aromatic N) is 5. The third-order valence-corrected chi connectivity index (χ3v) is 8.34. The molecule has 282 valence electrons. The minimum atomic E-state index is -1.19. The number of benzene rings is 3. The normalized spacial score (nSPS) is 12.5. The van der Waals surface area contributed by atoms with Gasteiger partial charge in [-0.2, -0.15) is 9.97 Å². The maximum Gasteiger partial charge on any atom is 0.328 e. The Morgan fingerprint density at radius 1 is 0.889 bits per heavy atom. The Hall–Kier alpha value is -6.38. The molecule has 2 aromatic heterocycles. The van der Waals surface area contributed by atoms with E-state index in [9.17, 15) is 19.2 Å². The lowest BCUT2D eigenvalue weighted by Crippen LogP contribution is -2.52. The number of esters is 2. The number of carbonyl (C=O) groups is 4. The van der Waals surface area contributed by atoms with Crippen LogP contribution in [0.1, 0.15) is 62.2 Å². The molecule has 0 spiro atoms. The summed E-state index contributed by atoms with van der Waals surface area (Å²) < 4.78 is 10.8. The van der Waals surface area contributed by atoms with Gasteiger partial charge in [-0.3, -0.25) is 14.4 Å². The number of ether oxygens (including phenoxy) is 2. The summed E-state index contributed by atoms with van der Waals surface area (Å²) in [7, 11) is 1.85. The minimum absolute atomic E-state index is 0.0102. The van der Waals surface area contributed by atoms with Crippen LogP contribution < -0.4 is 27.0 Å². The van der Waals surface area contributed by atoms with Crippen LogP contribution in [0.3, 0.4) is 0 Å². The van der Waals surface area contributed by atoms with E-state index >= 15 is 0 Å². The van der Waals surface area contributed by atoms with Crippen molar-refractivity contribution in [2.75, 3.05) is 30.0 Å². The topological polar surface area (TPSA) is 218 Å². The van der Waals surface area contributed by atoms with Crippen LogP contribution in [-0.4, -0.2) is 75.0 Å². The average Bonchev–Trinajstić information content (AvgIpc) is 3.12. The summed E-state index contributed by atoms with van der Waals surface area (Å²) in [6.45, 7) is 7.37. The Balaban J connectivity index is 1.31. The third-order valence-electron chi connectivity index (χ3n) is 8.34. The van der Waals surface area contributed by atoms with Gasteiger partial charge in [0.05, 0.1) is 25.0 Å². The number of aromatic nitrogens is 4. The van der Waals surface area contributed by atoms with Gasteiger partial charge in [-0.15, -0.1) is 0 Å². The van der Waals surface area contributed by atoms with Crippen LogP contribution in [0.5, 0.6) is 0 Å². The highest BCUT2D eigenvalue weighted by Gasteiger charge is 2.30. The van der Waals surface area contributed by atoms with E-state index in [1.807, 2.05) is 54.4 Å². The van der Waals surface area contributed by atoms with Gasteiger partial charge in [0.25, 0.3) is 5.91 Å². The van der Waals surface area contributed by atoms with E-state index in [4.69, 9.17) is 20.9 Å². The number of nitrogens with two attached hydrogens (primary N) is 2. The van der Waals surface area contributed by atoms with Crippen LogP contribution >= 0.6 is 0 Å². The maximum absolute atomic E-state index is 13.9. The Morgan fingerprint density at radius 2 is 1.61 bits per heavy atom. The first kappa shape index (κ1) is 38.8. The zero-order valence-corrected chi connectivity index (χ0v) is 31.0. The highest BCUT2D eigenvalue weighted by atomic mass is 16.6. The number of nitrogens with one attached hydrogen (secondary N) is 2. The summed E-state index contributed by atoms with van der Waals surface area (Å²) in [5.41, 5.74) is 14.0. The van der Waals surface area contributed by atoms with E-state index in [-0.39, 0.29) is 43.2 Å². The molecule has 0 aliphatic heterocycles. The van der Waals surface area contributed by atoms with Gasteiger partial charge in [0.15, 0.2) is 17.0 Å². The fourth-order valence-electron chi connectivity index (χ4n) is 5.82. The summed E-state index contributed by atoms with van der Waals surface area (Å²) in [4.78, 5) is 72.1. The Labute approximate surface area is 312 Å². The van der Waals surface area contributed by atoms with Gasteiger partial charge in [0.2, 0.25) is 11.9 Å². The van der Waals surface area contributed by atoms with E-state index < -0.39 is 41.4 Å². The van der Waals surface area contributed by atoms with Crippen molar-refractivity contribution >= 4 is 63.1 Å². The van der Waals surface area contributed by atoms with Gasteiger partial charge in [0, 0.05) is 31.1 Å². The molecule has 2 amide bonds. The molecular formula is C39H45N9O6. The molecule has 0 fully saturated rings. The van der Waals surface area contributed by atoms with E-state index in [0.717, 1.165) is 22.0 Å². The van der Waals surface area contributed by atoms with Crippen molar-refractivity contribution in [3.8, 4) is 0 Å². The highest BCUT2D eigenvalue weighted by Crippen LogP contribution is 2.22. The van der Waals surface area contributed by atoms with Crippen molar-refractivity contribution in [3.05, 3.63) is 89.7 Å². The summed E-state index contributed by atoms with van der Waals surface area (Å²) >= 11 is 0. The molecule has 0 aliphatic rings. The lowest BCUT2D eigenvalue weighted by molar-refractivity contribution is -0.155. The van der Waals surface area contributed by atoms with Gasteiger partial charge in [0.1, 0.15) is 17.7 Å². The third kappa shape index (κ3) is 10.1. The zero-order chi connectivity index (χ0) is 39.0. The molecule has 5 aromatic rings. The van der Waals surface area contributed by atoms with Crippen molar-refractivity contribution in [3.63, 3.8) is 0 Å². The SMILES string of the molecule is CCOC(=O)[C@H](Cc1cccc2ccccc12)NC(=O)[C@H](CCC(=O)OC(C)(C)C)NC(=O)c1ccc(N(C)Cc2cnc3nc(N)nc(N)c3n2)cc1. The molecule has 3 aromatic carbocycles. The van der Waals surface area contributed by atoms with Crippen LogP contribution in [-0.2, 0) is 36.8 Å². The lowest BCUT2D eigenvalue weighted by Gasteiger charge is -2.24. The van der Waals surface area contributed by atoms with E-state index in [1.165, 1.54) is 0 Å². The number of rotatable bonds is 14. The first-order valence-corrected chi connectivity index (χ1v) is 17.5. The molecular weight excluding hydrogens is 690 g/mol. The largest absolute Gasteiger partial charge is 0.464 e. The monoisotopic (exact) mass is 735 g/mol. The molecule has 6 N–H and O–H groups in total. The van der Waals surface area contributed by atoms with Crippen LogP contribution in [0.4, 0.5) is 17.5 Å².